The van der Waals surface area contributed by atoms with Crippen LogP contribution in [0, 0.1) is 0 Å². The van der Waals surface area contributed by atoms with E-state index in [-0.39, 0.29) is 23.6 Å². The zero-order valence-corrected chi connectivity index (χ0v) is 14.7. The fourth-order valence-electron chi connectivity index (χ4n) is 2.94. The number of benzene rings is 1. The summed E-state index contributed by atoms with van der Waals surface area (Å²) in [5, 5.41) is 2.91. The number of hydrogen-bond donors (Lipinski definition) is 1. The zero-order chi connectivity index (χ0) is 16.9. The number of carbonyl (C=O) groups excluding carboxylic acids is 1. The summed E-state index contributed by atoms with van der Waals surface area (Å²) in [5.41, 5.74) is 1.03. The largest absolute Gasteiger partial charge is 0.352 e. The Morgan fingerprint density at radius 1 is 1.35 bits per heavy atom. The summed E-state index contributed by atoms with van der Waals surface area (Å²) in [5.74, 6) is 0.0320. The summed E-state index contributed by atoms with van der Waals surface area (Å²) in [6.07, 6.45) is 2.05. The lowest BCUT2D eigenvalue weighted by Gasteiger charge is -2.33. The second-order valence-electron chi connectivity index (χ2n) is 6.21. The summed E-state index contributed by atoms with van der Waals surface area (Å²) in [4.78, 5) is 11.5. The maximum absolute atomic E-state index is 12.7. The van der Waals surface area contributed by atoms with Gasteiger partial charge < -0.3 is 5.32 Å². The smallest absolute Gasteiger partial charge is 0.219 e. The fraction of sp³-hybridized carbons (Fsp3) is 0.588. The Kier molecular flexibility index (Phi) is 6.18. The van der Waals surface area contributed by atoms with Crippen LogP contribution in [0.5, 0.6) is 0 Å². The van der Waals surface area contributed by atoms with Crippen LogP contribution in [-0.2, 0) is 14.8 Å². The highest BCUT2D eigenvalue weighted by molar-refractivity contribution is 7.89. The van der Waals surface area contributed by atoms with Crippen molar-refractivity contribution in [1.82, 2.24) is 9.62 Å². The highest BCUT2D eigenvalue weighted by atomic mass is 32.2. The molecule has 1 saturated heterocycles. The molecule has 0 unspecified atom stereocenters. The summed E-state index contributed by atoms with van der Waals surface area (Å²) in [6, 6.07) is 9.63. The first-order valence-electron chi connectivity index (χ1n) is 8.24. The van der Waals surface area contributed by atoms with Gasteiger partial charge in [-0.3, -0.25) is 4.79 Å². The molecule has 1 aliphatic heterocycles. The molecule has 1 aromatic carbocycles. The molecular formula is C17H26N2O3S. The Balaban J connectivity index is 1.99. The predicted molar refractivity (Wildman–Crippen MR) is 91.7 cm³/mol. The van der Waals surface area contributed by atoms with Gasteiger partial charge in [0.25, 0.3) is 0 Å². The number of nitrogens with zero attached hydrogens (tertiary/aromatic N) is 1. The highest BCUT2D eigenvalue weighted by Crippen LogP contribution is 2.21. The number of amides is 1. The Morgan fingerprint density at radius 2 is 2.04 bits per heavy atom. The third-order valence-electron chi connectivity index (χ3n) is 4.29. The minimum Gasteiger partial charge on any atom is -0.352 e. The molecule has 0 bridgehead atoms. The lowest BCUT2D eigenvalue weighted by atomic mass is 10.0. The molecule has 0 aliphatic carbocycles. The molecule has 1 fully saturated rings. The first-order chi connectivity index (χ1) is 10.9. The van der Waals surface area contributed by atoms with Gasteiger partial charge in [-0.2, -0.15) is 4.31 Å². The van der Waals surface area contributed by atoms with Gasteiger partial charge in [0, 0.05) is 25.6 Å². The van der Waals surface area contributed by atoms with E-state index in [9.17, 15) is 13.2 Å². The van der Waals surface area contributed by atoms with Crippen LogP contribution in [0.2, 0.25) is 0 Å². The molecule has 1 amide bonds. The predicted octanol–water partition coefficient (Wildman–Crippen LogP) is 2.11. The summed E-state index contributed by atoms with van der Waals surface area (Å²) >= 11 is 0. The molecule has 6 heteroatoms. The molecule has 128 valence electrons. The number of carbonyl (C=O) groups is 1. The van der Waals surface area contributed by atoms with Gasteiger partial charge in [-0.05, 0) is 24.3 Å². The molecule has 1 N–H and O–H groups in total. The lowest BCUT2D eigenvalue weighted by molar-refractivity contribution is -0.121. The van der Waals surface area contributed by atoms with Crippen LogP contribution in [0.4, 0.5) is 0 Å². The molecule has 0 aromatic heterocycles. The fourth-order valence-corrected chi connectivity index (χ4v) is 4.79. The minimum absolute atomic E-state index is 0.0214. The van der Waals surface area contributed by atoms with Crippen molar-refractivity contribution >= 4 is 15.9 Å². The van der Waals surface area contributed by atoms with Crippen molar-refractivity contribution in [2.75, 3.05) is 18.8 Å². The summed E-state index contributed by atoms with van der Waals surface area (Å²) < 4.78 is 26.9. The van der Waals surface area contributed by atoms with Gasteiger partial charge >= 0.3 is 0 Å². The molecule has 1 aromatic rings. The van der Waals surface area contributed by atoms with E-state index in [0.29, 0.717) is 19.5 Å². The normalized spacial score (nSPS) is 20.9. The van der Waals surface area contributed by atoms with Crippen LogP contribution in [0.3, 0.4) is 0 Å². The van der Waals surface area contributed by atoms with Crippen LogP contribution < -0.4 is 5.32 Å². The van der Waals surface area contributed by atoms with Crippen LogP contribution in [0.1, 0.15) is 44.6 Å². The average Bonchev–Trinajstić information content (AvgIpc) is 2.55. The summed E-state index contributed by atoms with van der Waals surface area (Å²) in [7, 11) is -3.32. The summed E-state index contributed by atoms with van der Waals surface area (Å²) in [6.45, 7) is 4.67. The molecule has 2 atom stereocenters. The maximum Gasteiger partial charge on any atom is 0.219 e. The average molecular weight is 338 g/mol. The standard InChI is InChI=1S/C17H26N2O3S/c1-3-17(20)18-16-10-7-11-19(12-16)23(21,22)13-14(2)15-8-5-4-6-9-15/h4-6,8-9,14,16H,3,7,10-13H2,1-2H3,(H,18,20)/t14-,16+/m1/s1. The zero-order valence-electron chi connectivity index (χ0n) is 13.9. The van der Waals surface area contributed by atoms with Crippen molar-refractivity contribution < 1.29 is 13.2 Å². The van der Waals surface area contributed by atoms with Crippen LogP contribution in [-0.4, -0.2) is 43.5 Å². The van der Waals surface area contributed by atoms with Gasteiger partial charge in [0.15, 0.2) is 0 Å². The van der Waals surface area contributed by atoms with Gasteiger partial charge in [-0.15, -0.1) is 0 Å². The number of piperidine rings is 1. The van der Waals surface area contributed by atoms with Crippen molar-refractivity contribution in [2.24, 2.45) is 0 Å². The number of sulfonamides is 1. The van der Waals surface area contributed by atoms with Crippen molar-refractivity contribution in [3.8, 4) is 0 Å². The van der Waals surface area contributed by atoms with Crippen molar-refractivity contribution in [3.63, 3.8) is 0 Å². The van der Waals surface area contributed by atoms with E-state index in [4.69, 9.17) is 0 Å². The lowest BCUT2D eigenvalue weighted by Crippen LogP contribution is -2.50. The second-order valence-corrected chi connectivity index (χ2v) is 8.22. The molecule has 5 nitrogen and oxygen atoms in total. The number of nitrogens with one attached hydrogen (secondary N) is 1. The van der Waals surface area contributed by atoms with Crippen LogP contribution in [0.15, 0.2) is 30.3 Å². The van der Waals surface area contributed by atoms with E-state index in [1.165, 1.54) is 4.31 Å². The molecule has 0 saturated carbocycles. The Bertz CT molecular complexity index is 616. The molecule has 2 rings (SSSR count). The third-order valence-corrected chi connectivity index (χ3v) is 6.33. The maximum atomic E-state index is 12.7. The third kappa shape index (κ3) is 5.04. The molecule has 0 radical (unpaired) electrons. The van der Waals surface area contributed by atoms with Gasteiger partial charge in [0.2, 0.25) is 15.9 Å². The van der Waals surface area contributed by atoms with E-state index in [0.717, 1.165) is 18.4 Å². The van der Waals surface area contributed by atoms with Crippen LogP contribution >= 0.6 is 0 Å². The van der Waals surface area contributed by atoms with Gasteiger partial charge in [-0.25, -0.2) is 8.42 Å². The number of hydrogen-bond acceptors (Lipinski definition) is 3. The van der Waals surface area contributed by atoms with E-state index in [1.54, 1.807) is 6.92 Å². The molecule has 23 heavy (non-hydrogen) atoms. The molecular weight excluding hydrogens is 312 g/mol. The van der Waals surface area contributed by atoms with Crippen molar-refractivity contribution in [3.05, 3.63) is 35.9 Å². The topological polar surface area (TPSA) is 66.5 Å². The molecule has 1 aliphatic rings. The van der Waals surface area contributed by atoms with E-state index in [1.807, 2.05) is 37.3 Å². The monoisotopic (exact) mass is 338 g/mol. The highest BCUT2D eigenvalue weighted by Gasteiger charge is 2.30. The Morgan fingerprint density at radius 3 is 2.70 bits per heavy atom. The minimum atomic E-state index is -3.32. The van der Waals surface area contributed by atoms with E-state index < -0.39 is 10.0 Å². The van der Waals surface area contributed by atoms with Gasteiger partial charge in [0.05, 0.1) is 5.75 Å². The van der Waals surface area contributed by atoms with E-state index >= 15 is 0 Å². The second kappa shape index (κ2) is 7.93. The Labute approximate surface area is 139 Å². The first-order valence-corrected chi connectivity index (χ1v) is 9.85. The Hall–Kier alpha value is -1.40. The van der Waals surface area contributed by atoms with Crippen molar-refractivity contribution in [2.45, 2.75) is 45.1 Å². The molecule has 0 spiro atoms. The van der Waals surface area contributed by atoms with E-state index in [2.05, 4.69) is 5.32 Å². The number of rotatable bonds is 6. The quantitative estimate of drug-likeness (QED) is 0.864. The SMILES string of the molecule is CCC(=O)N[C@H]1CCCN(S(=O)(=O)C[C@@H](C)c2ccccc2)C1. The van der Waals surface area contributed by atoms with Gasteiger partial charge in [-0.1, -0.05) is 44.2 Å². The van der Waals surface area contributed by atoms with Crippen molar-refractivity contribution in [1.29, 1.82) is 0 Å². The first kappa shape index (κ1) is 17.9. The van der Waals surface area contributed by atoms with Crippen LogP contribution in [0.25, 0.3) is 0 Å². The van der Waals surface area contributed by atoms with Gasteiger partial charge in [0.1, 0.15) is 0 Å². The molecule has 1 heterocycles.